The zero-order valence-electron chi connectivity index (χ0n) is 13.6. The van der Waals surface area contributed by atoms with Crippen LogP contribution < -0.4 is 5.73 Å². The summed E-state index contributed by atoms with van der Waals surface area (Å²) in [4.78, 5) is 0. The van der Waals surface area contributed by atoms with E-state index in [0.29, 0.717) is 5.56 Å². The lowest BCUT2D eigenvalue weighted by Crippen LogP contribution is -2.06. The molecule has 0 amide bonds. The lowest BCUT2D eigenvalue weighted by molar-refractivity contribution is 0.619. The number of nitrogens with one attached hydrogen (secondary N) is 1. The van der Waals surface area contributed by atoms with Crippen LogP contribution in [0.2, 0.25) is 0 Å². The molecule has 3 N–H and O–H groups in total. The fourth-order valence-electron chi connectivity index (χ4n) is 2.66. The molecule has 0 saturated carbocycles. The van der Waals surface area contributed by atoms with Crippen molar-refractivity contribution in [3.63, 3.8) is 0 Å². The molecule has 0 aliphatic rings. The van der Waals surface area contributed by atoms with Crippen LogP contribution in [0.1, 0.15) is 22.3 Å². The van der Waals surface area contributed by atoms with Gasteiger partial charge in [0.2, 0.25) is 0 Å². The summed E-state index contributed by atoms with van der Waals surface area (Å²) in [5.74, 6) is 0.591. The van der Waals surface area contributed by atoms with Gasteiger partial charge in [-0.05, 0) is 67.1 Å². The zero-order valence-corrected chi connectivity index (χ0v) is 16.7. The van der Waals surface area contributed by atoms with E-state index in [1.807, 2.05) is 12.1 Å². The van der Waals surface area contributed by atoms with E-state index in [1.54, 1.807) is 6.92 Å². The number of hydrogen-bond donors (Lipinski definition) is 2. The van der Waals surface area contributed by atoms with Crippen LogP contribution in [0, 0.1) is 32.0 Å². The average Bonchev–Trinajstić information content (AvgIpc) is 2.43. The van der Waals surface area contributed by atoms with Crippen LogP contribution in [0.5, 0.6) is 0 Å². The Morgan fingerprint density at radius 2 is 1.83 bits per heavy atom. The van der Waals surface area contributed by atoms with E-state index in [9.17, 15) is 4.39 Å². The standard InChI is InChI=1S/C18H21FN2S.HI/c1-11-8-12(2)15(6-7-22-18(20)21)16(9-11)14-4-5-17(19)13(3)10-14;/h4-5,8-10H,6-7H2,1-3H3,(H3,20,21);1H. The van der Waals surface area contributed by atoms with Crippen LogP contribution in [-0.4, -0.2) is 10.9 Å². The maximum Gasteiger partial charge on any atom is 0.151 e. The van der Waals surface area contributed by atoms with Gasteiger partial charge in [0, 0.05) is 5.75 Å². The smallest absolute Gasteiger partial charge is 0.151 e. The van der Waals surface area contributed by atoms with E-state index < -0.39 is 0 Å². The maximum atomic E-state index is 13.5. The Hall–Kier alpha value is -1.08. The molecule has 0 atom stereocenters. The highest BCUT2D eigenvalue weighted by Crippen LogP contribution is 2.30. The maximum absolute atomic E-state index is 13.5. The third-order valence-corrected chi connectivity index (χ3v) is 4.42. The minimum atomic E-state index is -0.179. The summed E-state index contributed by atoms with van der Waals surface area (Å²) in [6, 6.07) is 9.56. The number of thioether (sulfide) groups is 1. The van der Waals surface area contributed by atoms with E-state index in [4.69, 9.17) is 11.1 Å². The van der Waals surface area contributed by atoms with Gasteiger partial charge in [-0.1, -0.05) is 35.5 Å². The second kappa shape index (κ2) is 8.68. The van der Waals surface area contributed by atoms with E-state index in [-0.39, 0.29) is 35.0 Å². The van der Waals surface area contributed by atoms with Gasteiger partial charge in [0.15, 0.2) is 5.17 Å². The van der Waals surface area contributed by atoms with E-state index >= 15 is 0 Å². The second-order valence-electron chi connectivity index (χ2n) is 5.53. The van der Waals surface area contributed by atoms with Crippen molar-refractivity contribution in [2.45, 2.75) is 27.2 Å². The lowest BCUT2D eigenvalue weighted by Gasteiger charge is -2.15. The van der Waals surface area contributed by atoms with Crippen LogP contribution in [0.25, 0.3) is 11.1 Å². The number of aryl methyl sites for hydroxylation is 3. The largest absolute Gasteiger partial charge is 0.379 e. The first-order valence-corrected chi connectivity index (χ1v) is 8.20. The first kappa shape index (κ1) is 20.0. The monoisotopic (exact) mass is 444 g/mol. The van der Waals surface area contributed by atoms with Gasteiger partial charge in [-0.25, -0.2) is 4.39 Å². The van der Waals surface area contributed by atoms with Crippen molar-refractivity contribution in [3.8, 4) is 11.1 Å². The molecule has 0 saturated heterocycles. The third kappa shape index (κ3) is 5.21. The van der Waals surface area contributed by atoms with Gasteiger partial charge in [0.05, 0.1) is 0 Å². The fourth-order valence-corrected chi connectivity index (χ4v) is 3.19. The average molecular weight is 444 g/mol. The summed E-state index contributed by atoms with van der Waals surface area (Å²) in [6.07, 6.45) is 0.835. The van der Waals surface area contributed by atoms with Gasteiger partial charge in [-0.15, -0.1) is 24.0 Å². The fraction of sp³-hybridized carbons (Fsp3) is 0.278. The predicted molar refractivity (Wildman–Crippen MR) is 110 cm³/mol. The molecule has 0 heterocycles. The van der Waals surface area contributed by atoms with Crippen molar-refractivity contribution in [1.29, 1.82) is 5.41 Å². The summed E-state index contributed by atoms with van der Waals surface area (Å²) in [5, 5.41) is 7.46. The lowest BCUT2D eigenvalue weighted by atomic mass is 9.91. The Balaban J connectivity index is 0.00000264. The molecule has 0 bridgehead atoms. The van der Waals surface area contributed by atoms with Gasteiger partial charge in [-0.2, -0.15) is 0 Å². The molecule has 5 heteroatoms. The number of hydrogen-bond acceptors (Lipinski definition) is 2. The summed E-state index contributed by atoms with van der Waals surface area (Å²) in [6.45, 7) is 5.95. The van der Waals surface area contributed by atoms with Gasteiger partial charge >= 0.3 is 0 Å². The quantitative estimate of drug-likeness (QED) is 0.387. The van der Waals surface area contributed by atoms with Crippen molar-refractivity contribution in [2.24, 2.45) is 5.73 Å². The van der Waals surface area contributed by atoms with Crippen molar-refractivity contribution in [2.75, 3.05) is 5.75 Å². The molecule has 2 rings (SSSR count). The minimum Gasteiger partial charge on any atom is -0.379 e. The number of benzene rings is 2. The minimum absolute atomic E-state index is 0. The van der Waals surface area contributed by atoms with Crippen LogP contribution in [0.4, 0.5) is 4.39 Å². The van der Waals surface area contributed by atoms with Gasteiger partial charge < -0.3 is 5.73 Å². The number of rotatable bonds is 4. The molecular formula is C18H22FIN2S. The highest BCUT2D eigenvalue weighted by atomic mass is 127. The van der Waals surface area contributed by atoms with Crippen molar-refractivity contribution in [1.82, 2.24) is 0 Å². The third-order valence-electron chi connectivity index (χ3n) is 3.70. The molecule has 2 nitrogen and oxygen atoms in total. The SMILES string of the molecule is Cc1cc(C)c(CCSC(=N)N)c(-c2ccc(F)c(C)c2)c1.I. The van der Waals surface area contributed by atoms with E-state index in [2.05, 4.69) is 26.0 Å². The number of nitrogens with two attached hydrogens (primary N) is 1. The van der Waals surface area contributed by atoms with Gasteiger partial charge in [0.1, 0.15) is 5.82 Å². The molecule has 0 radical (unpaired) electrons. The van der Waals surface area contributed by atoms with E-state index in [1.165, 1.54) is 34.5 Å². The highest BCUT2D eigenvalue weighted by molar-refractivity contribution is 14.0. The summed E-state index contributed by atoms with van der Waals surface area (Å²) >= 11 is 1.35. The molecule has 0 fully saturated rings. The molecular weight excluding hydrogens is 422 g/mol. The highest BCUT2D eigenvalue weighted by Gasteiger charge is 2.11. The van der Waals surface area contributed by atoms with E-state index in [0.717, 1.165) is 23.3 Å². The molecule has 0 aliphatic carbocycles. The summed E-state index contributed by atoms with van der Waals surface area (Å²) in [7, 11) is 0. The van der Waals surface area contributed by atoms with Crippen molar-refractivity contribution < 1.29 is 4.39 Å². The normalized spacial score (nSPS) is 10.3. The van der Waals surface area contributed by atoms with Crippen LogP contribution in [0.15, 0.2) is 30.3 Å². The number of halogens is 2. The second-order valence-corrected chi connectivity index (χ2v) is 6.67. The van der Waals surface area contributed by atoms with Crippen LogP contribution in [-0.2, 0) is 6.42 Å². The van der Waals surface area contributed by atoms with Gasteiger partial charge in [0.25, 0.3) is 0 Å². The van der Waals surface area contributed by atoms with Crippen molar-refractivity contribution in [3.05, 3.63) is 58.4 Å². The Labute approximate surface area is 158 Å². The Morgan fingerprint density at radius 1 is 1.13 bits per heavy atom. The summed E-state index contributed by atoms with van der Waals surface area (Å²) < 4.78 is 13.5. The molecule has 0 aromatic heterocycles. The predicted octanol–water partition coefficient (Wildman–Crippen LogP) is 5.21. The molecule has 0 unspecified atom stereocenters. The molecule has 23 heavy (non-hydrogen) atoms. The van der Waals surface area contributed by atoms with Crippen LogP contribution >= 0.6 is 35.7 Å². The Morgan fingerprint density at radius 3 is 2.43 bits per heavy atom. The Kier molecular flexibility index (Phi) is 7.54. The number of amidine groups is 1. The topological polar surface area (TPSA) is 49.9 Å². The zero-order chi connectivity index (χ0) is 16.3. The van der Waals surface area contributed by atoms with Gasteiger partial charge in [-0.3, -0.25) is 5.41 Å². The molecule has 0 spiro atoms. The molecule has 2 aromatic carbocycles. The van der Waals surface area contributed by atoms with Crippen molar-refractivity contribution >= 4 is 40.9 Å². The first-order chi connectivity index (χ1) is 10.4. The molecule has 0 aliphatic heterocycles. The Bertz CT molecular complexity index is 716. The van der Waals surface area contributed by atoms with Crippen LogP contribution in [0.3, 0.4) is 0 Å². The molecule has 124 valence electrons. The first-order valence-electron chi connectivity index (χ1n) is 7.22. The molecule has 2 aromatic rings. The summed E-state index contributed by atoms with van der Waals surface area (Å²) in [5.41, 5.74) is 11.9.